The first-order valence-electron chi connectivity index (χ1n) is 12.1. The van der Waals surface area contributed by atoms with Crippen LogP contribution in [0.1, 0.15) is 59.9 Å². The second-order valence-corrected chi connectivity index (χ2v) is 9.57. The molecule has 6 nitrogen and oxygen atoms in total. The summed E-state index contributed by atoms with van der Waals surface area (Å²) in [6.45, 7) is 6.41. The van der Waals surface area contributed by atoms with Gasteiger partial charge in [0.2, 0.25) is 5.91 Å². The first-order chi connectivity index (χ1) is 17.0. The molecule has 9 heteroatoms. The molecule has 1 aliphatic heterocycles. The molecule has 2 aromatic rings. The lowest BCUT2D eigenvalue weighted by molar-refractivity contribution is -0.137. The van der Waals surface area contributed by atoms with Gasteiger partial charge in [-0.05, 0) is 61.9 Å². The number of likely N-dealkylation sites (tertiary alicyclic amines) is 1. The van der Waals surface area contributed by atoms with E-state index in [1.165, 1.54) is 17.0 Å². The number of nitrogens with one attached hydrogen (secondary N) is 2. The Balaban J connectivity index is 1.71. The van der Waals surface area contributed by atoms with Crippen LogP contribution in [0.3, 0.4) is 0 Å². The summed E-state index contributed by atoms with van der Waals surface area (Å²) in [5, 5.41) is 5.84. The van der Waals surface area contributed by atoms with E-state index in [1.54, 1.807) is 30.3 Å². The Bertz CT molecular complexity index is 1060. The highest BCUT2D eigenvalue weighted by atomic mass is 19.4. The number of benzene rings is 2. The molecule has 2 atom stereocenters. The van der Waals surface area contributed by atoms with Crippen molar-refractivity contribution in [3.05, 3.63) is 71.3 Å². The third-order valence-corrected chi connectivity index (χ3v) is 6.71. The van der Waals surface area contributed by atoms with Gasteiger partial charge >= 0.3 is 6.18 Å². The van der Waals surface area contributed by atoms with Crippen molar-refractivity contribution in [3.8, 4) is 0 Å². The van der Waals surface area contributed by atoms with E-state index < -0.39 is 23.7 Å². The molecule has 0 aromatic heterocycles. The highest BCUT2D eigenvalue weighted by molar-refractivity contribution is 5.97. The zero-order chi connectivity index (χ0) is 26.5. The van der Waals surface area contributed by atoms with E-state index in [0.29, 0.717) is 18.4 Å². The van der Waals surface area contributed by atoms with Crippen LogP contribution in [0.2, 0.25) is 0 Å². The van der Waals surface area contributed by atoms with Gasteiger partial charge in [-0.15, -0.1) is 0 Å². The van der Waals surface area contributed by atoms with E-state index in [9.17, 15) is 27.6 Å². The fourth-order valence-corrected chi connectivity index (χ4v) is 4.14. The van der Waals surface area contributed by atoms with E-state index in [-0.39, 0.29) is 48.3 Å². The highest BCUT2D eigenvalue weighted by Gasteiger charge is 2.36. The summed E-state index contributed by atoms with van der Waals surface area (Å²) < 4.78 is 39.2. The topological polar surface area (TPSA) is 78.5 Å². The van der Waals surface area contributed by atoms with Crippen LogP contribution >= 0.6 is 0 Å². The second-order valence-electron chi connectivity index (χ2n) is 9.57. The maximum absolute atomic E-state index is 13.2. The van der Waals surface area contributed by atoms with Gasteiger partial charge in [-0.25, -0.2) is 0 Å². The number of hydrogen-bond donors (Lipinski definition) is 2. The molecule has 1 saturated heterocycles. The molecule has 3 amide bonds. The van der Waals surface area contributed by atoms with E-state index in [1.807, 2.05) is 20.8 Å². The zero-order valence-electron chi connectivity index (χ0n) is 20.6. The summed E-state index contributed by atoms with van der Waals surface area (Å²) in [5.41, 5.74) is -0.465. The van der Waals surface area contributed by atoms with Gasteiger partial charge < -0.3 is 15.5 Å². The van der Waals surface area contributed by atoms with Crippen LogP contribution in [0.15, 0.2) is 54.6 Å². The number of halogens is 3. The molecule has 36 heavy (non-hydrogen) atoms. The molecule has 0 bridgehead atoms. The third kappa shape index (κ3) is 6.86. The van der Waals surface area contributed by atoms with Crippen LogP contribution in [0.4, 0.5) is 13.2 Å². The van der Waals surface area contributed by atoms with Crippen molar-refractivity contribution in [2.75, 3.05) is 13.1 Å². The minimum Gasteiger partial charge on any atom is -0.352 e. The minimum atomic E-state index is -4.53. The molecule has 3 rings (SSSR count). The number of piperidine rings is 1. The molecule has 1 aliphatic rings. The lowest BCUT2D eigenvalue weighted by Crippen LogP contribution is -2.55. The van der Waals surface area contributed by atoms with Gasteiger partial charge in [0.15, 0.2) is 0 Å². The Kier molecular flexibility index (Phi) is 8.76. The number of rotatable bonds is 7. The summed E-state index contributed by atoms with van der Waals surface area (Å²) in [7, 11) is 0. The van der Waals surface area contributed by atoms with Crippen molar-refractivity contribution in [2.24, 2.45) is 11.8 Å². The Labute approximate surface area is 209 Å². The highest BCUT2D eigenvalue weighted by Crippen LogP contribution is 2.30. The van der Waals surface area contributed by atoms with Crippen LogP contribution in [-0.2, 0) is 11.0 Å². The molecule has 0 saturated carbocycles. The lowest BCUT2D eigenvalue weighted by atomic mass is 9.87. The van der Waals surface area contributed by atoms with E-state index in [4.69, 9.17) is 0 Å². The number of hydrogen-bond acceptors (Lipinski definition) is 3. The van der Waals surface area contributed by atoms with Crippen molar-refractivity contribution in [3.63, 3.8) is 0 Å². The second kappa shape index (κ2) is 11.6. The predicted octanol–water partition coefficient (Wildman–Crippen LogP) is 4.52. The van der Waals surface area contributed by atoms with E-state index >= 15 is 0 Å². The zero-order valence-corrected chi connectivity index (χ0v) is 20.6. The molecule has 2 N–H and O–H groups in total. The van der Waals surface area contributed by atoms with Gasteiger partial charge in [0.25, 0.3) is 11.8 Å². The molecule has 1 heterocycles. The lowest BCUT2D eigenvalue weighted by Gasteiger charge is -2.36. The van der Waals surface area contributed by atoms with Gasteiger partial charge in [-0.1, -0.05) is 38.1 Å². The maximum atomic E-state index is 13.2. The van der Waals surface area contributed by atoms with Crippen LogP contribution in [0, 0.1) is 11.8 Å². The normalized spacial score (nSPS) is 16.4. The van der Waals surface area contributed by atoms with Gasteiger partial charge in [0.1, 0.15) is 6.04 Å². The summed E-state index contributed by atoms with van der Waals surface area (Å²) in [5.74, 6) is -1.17. The summed E-state index contributed by atoms with van der Waals surface area (Å²) in [6.07, 6.45) is -3.68. The number of nitrogens with zero attached hydrogens (tertiary/aromatic N) is 1. The fraction of sp³-hybridized carbons (Fsp3) is 0.444. The van der Waals surface area contributed by atoms with Gasteiger partial charge in [0.05, 0.1) is 5.56 Å². The van der Waals surface area contributed by atoms with E-state index in [0.717, 1.165) is 12.1 Å². The predicted molar refractivity (Wildman–Crippen MR) is 130 cm³/mol. The summed E-state index contributed by atoms with van der Waals surface area (Å²) >= 11 is 0. The van der Waals surface area contributed by atoms with Crippen LogP contribution in [0.25, 0.3) is 0 Å². The molecule has 2 aromatic carbocycles. The molecule has 0 radical (unpaired) electrons. The van der Waals surface area contributed by atoms with Gasteiger partial charge in [-0.3, -0.25) is 14.4 Å². The first kappa shape index (κ1) is 27.2. The first-order valence-corrected chi connectivity index (χ1v) is 12.1. The molecule has 0 aliphatic carbocycles. The van der Waals surface area contributed by atoms with Crippen LogP contribution in [-0.4, -0.2) is 47.8 Å². The number of carbonyl (C=O) groups is 3. The van der Waals surface area contributed by atoms with Crippen LogP contribution in [0.5, 0.6) is 0 Å². The van der Waals surface area contributed by atoms with Gasteiger partial charge in [-0.2, -0.15) is 13.2 Å². The monoisotopic (exact) mass is 503 g/mol. The van der Waals surface area contributed by atoms with Gasteiger partial charge in [0, 0.05) is 30.3 Å². The maximum Gasteiger partial charge on any atom is 0.416 e. The SMILES string of the molecule is CC(C)[C@H](C)NC(=O)[C@@H](NC(=O)c1ccccc1)C1CCN(C(=O)c2cccc(C(F)(F)F)c2)CC1. The average molecular weight is 504 g/mol. The van der Waals surface area contributed by atoms with E-state index in [2.05, 4.69) is 10.6 Å². The molecule has 194 valence electrons. The van der Waals surface area contributed by atoms with Crippen molar-refractivity contribution in [1.82, 2.24) is 15.5 Å². The Morgan fingerprint density at radius 3 is 2.08 bits per heavy atom. The number of alkyl halides is 3. The minimum absolute atomic E-state index is 0.0271. The molecular formula is C27H32F3N3O3. The molecule has 0 spiro atoms. The number of carbonyl (C=O) groups excluding carboxylic acids is 3. The molecule has 1 fully saturated rings. The fourth-order valence-electron chi connectivity index (χ4n) is 4.14. The van der Waals surface area contributed by atoms with Crippen molar-refractivity contribution in [1.29, 1.82) is 0 Å². The Morgan fingerprint density at radius 1 is 0.889 bits per heavy atom. The smallest absolute Gasteiger partial charge is 0.352 e. The third-order valence-electron chi connectivity index (χ3n) is 6.71. The standard InChI is InChI=1S/C27H32F3N3O3/c1-17(2)18(3)31-25(35)23(32-24(34)20-8-5-4-6-9-20)19-12-14-33(15-13-19)26(36)21-10-7-11-22(16-21)27(28,29)30/h4-11,16-19,23H,12-15H2,1-3H3,(H,31,35)(H,32,34)/t18-,23-/m0/s1. The van der Waals surface area contributed by atoms with Crippen molar-refractivity contribution >= 4 is 17.7 Å². The van der Waals surface area contributed by atoms with Crippen LogP contribution < -0.4 is 10.6 Å². The van der Waals surface area contributed by atoms with Crippen molar-refractivity contribution < 1.29 is 27.6 Å². The Morgan fingerprint density at radius 2 is 1.50 bits per heavy atom. The largest absolute Gasteiger partial charge is 0.416 e. The van der Waals surface area contributed by atoms with Crippen molar-refractivity contribution in [2.45, 2.75) is 51.9 Å². The number of amides is 3. The molecule has 0 unspecified atom stereocenters. The quantitative estimate of drug-likeness (QED) is 0.583. The summed E-state index contributed by atoms with van der Waals surface area (Å²) in [6, 6.07) is 12.1. The average Bonchev–Trinajstić information content (AvgIpc) is 2.86. The summed E-state index contributed by atoms with van der Waals surface area (Å²) in [4.78, 5) is 40.4. The molecular weight excluding hydrogens is 471 g/mol. The Hall–Kier alpha value is -3.36.